The molecule has 0 aromatic heterocycles. The summed E-state index contributed by atoms with van der Waals surface area (Å²) < 4.78 is 27.0. The van der Waals surface area contributed by atoms with E-state index in [0.29, 0.717) is 5.25 Å². The highest BCUT2D eigenvalue weighted by Crippen LogP contribution is 2.33. The maximum absolute atomic E-state index is 13.8. The van der Waals surface area contributed by atoms with Crippen LogP contribution in [0.4, 0.5) is 20.2 Å². The van der Waals surface area contributed by atoms with Crippen LogP contribution in [0.3, 0.4) is 0 Å². The predicted molar refractivity (Wildman–Crippen MR) is 76.2 cm³/mol. The van der Waals surface area contributed by atoms with E-state index in [-0.39, 0.29) is 11.7 Å². The Balaban J connectivity index is 2.16. The molecule has 1 aromatic carbocycles. The molecule has 2 rings (SSSR count). The average Bonchev–Trinajstić information content (AvgIpc) is 2.44. The number of thioether (sulfide) groups is 1. The third-order valence-electron chi connectivity index (χ3n) is 3.63. The first kappa shape index (κ1) is 15.0. The SMILES string of the molecule is CSC1CCC(Nc2c([N+](=O)[O-])ccc(F)c2F)CC1. The van der Waals surface area contributed by atoms with Crippen LogP contribution in [0.1, 0.15) is 25.7 Å². The summed E-state index contributed by atoms with van der Waals surface area (Å²) >= 11 is 1.80. The topological polar surface area (TPSA) is 55.2 Å². The standard InChI is InChI=1S/C13H16F2N2O2S/c1-20-9-4-2-8(3-5-9)16-13-11(17(18)19)7-6-10(14)12(13)15/h6-9,16H,2-5H2,1H3. The fourth-order valence-electron chi connectivity index (χ4n) is 2.48. The molecule has 0 spiro atoms. The fraction of sp³-hybridized carbons (Fsp3) is 0.538. The highest BCUT2D eigenvalue weighted by atomic mass is 32.2. The number of nitrogens with zero attached hydrogens (tertiary/aromatic N) is 1. The maximum Gasteiger partial charge on any atom is 0.295 e. The maximum atomic E-state index is 13.8. The lowest BCUT2D eigenvalue weighted by molar-refractivity contribution is -0.384. The van der Waals surface area contributed by atoms with Crippen molar-refractivity contribution >= 4 is 23.1 Å². The van der Waals surface area contributed by atoms with Gasteiger partial charge in [-0.05, 0) is 38.0 Å². The number of nitro benzene ring substituents is 1. The number of halogens is 2. The smallest absolute Gasteiger partial charge is 0.295 e. The van der Waals surface area contributed by atoms with Crippen molar-refractivity contribution in [2.75, 3.05) is 11.6 Å². The first-order valence-electron chi connectivity index (χ1n) is 6.44. The molecule has 0 saturated heterocycles. The molecule has 0 unspecified atom stereocenters. The minimum Gasteiger partial charge on any atom is -0.374 e. The van der Waals surface area contributed by atoms with Gasteiger partial charge < -0.3 is 5.32 Å². The third kappa shape index (κ3) is 3.20. The van der Waals surface area contributed by atoms with Crippen molar-refractivity contribution in [1.82, 2.24) is 0 Å². The quantitative estimate of drug-likeness (QED) is 0.675. The minimum atomic E-state index is -1.17. The van der Waals surface area contributed by atoms with Crippen LogP contribution in [0.25, 0.3) is 0 Å². The summed E-state index contributed by atoms with van der Waals surface area (Å²) in [7, 11) is 0. The van der Waals surface area contributed by atoms with Crippen molar-refractivity contribution in [3.05, 3.63) is 33.9 Å². The summed E-state index contributed by atoms with van der Waals surface area (Å²) in [5.74, 6) is -2.25. The van der Waals surface area contributed by atoms with Crippen molar-refractivity contribution in [3.63, 3.8) is 0 Å². The van der Waals surface area contributed by atoms with Crippen LogP contribution in [0, 0.1) is 21.7 Å². The molecular formula is C13H16F2N2O2S. The van der Waals surface area contributed by atoms with E-state index in [2.05, 4.69) is 11.6 Å². The molecule has 1 aliphatic rings. The molecule has 0 radical (unpaired) electrons. The molecule has 7 heteroatoms. The molecule has 1 saturated carbocycles. The van der Waals surface area contributed by atoms with Gasteiger partial charge in [0, 0.05) is 17.4 Å². The molecule has 1 N–H and O–H groups in total. The van der Waals surface area contributed by atoms with Crippen LogP contribution in [0.5, 0.6) is 0 Å². The molecule has 0 heterocycles. The Morgan fingerprint density at radius 1 is 1.30 bits per heavy atom. The van der Waals surface area contributed by atoms with Crippen molar-refractivity contribution in [2.45, 2.75) is 37.0 Å². The number of rotatable bonds is 4. The summed E-state index contributed by atoms with van der Waals surface area (Å²) in [5.41, 5.74) is -0.751. The van der Waals surface area contributed by atoms with Gasteiger partial charge >= 0.3 is 0 Å². The zero-order valence-electron chi connectivity index (χ0n) is 11.1. The first-order chi connectivity index (χ1) is 9.52. The average molecular weight is 302 g/mol. The monoisotopic (exact) mass is 302 g/mol. The van der Waals surface area contributed by atoms with Crippen LogP contribution in [-0.4, -0.2) is 22.5 Å². The number of nitro groups is 1. The lowest BCUT2D eigenvalue weighted by Crippen LogP contribution is -2.28. The Morgan fingerprint density at radius 2 is 1.95 bits per heavy atom. The molecule has 110 valence electrons. The molecule has 1 aliphatic carbocycles. The number of benzene rings is 1. The molecule has 0 atom stereocenters. The van der Waals surface area contributed by atoms with Crippen LogP contribution in [0.2, 0.25) is 0 Å². The molecule has 4 nitrogen and oxygen atoms in total. The van der Waals surface area contributed by atoms with Crippen molar-refractivity contribution in [2.24, 2.45) is 0 Å². The van der Waals surface area contributed by atoms with E-state index in [1.54, 1.807) is 11.8 Å². The molecule has 1 aromatic rings. The van der Waals surface area contributed by atoms with Gasteiger partial charge in [-0.3, -0.25) is 10.1 Å². The zero-order valence-corrected chi connectivity index (χ0v) is 11.9. The Bertz CT molecular complexity index is 505. The lowest BCUT2D eigenvalue weighted by Gasteiger charge is -2.28. The zero-order chi connectivity index (χ0) is 14.7. The summed E-state index contributed by atoms with van der Waals surface area (Å²) in [6.07, 6.45) is 5.61. The highest BCUT2D eigenvalue weighted by Gasteiger charge is 2.26. The van der Waals surface area contributed by atoms with Gasteiger partial charge in [0.1, 0.15) is 0 Å². The van der Waals surface area contributed by atoms with E-state index >= 15 is 0 Å². The van der Waals surface area contributed by atoms with Crippen LogP contribution < -0.4 is 5.32 Å². The highest BCUT2D eigenvalue weighted by molar-refractivity contribution is 7.99. The molecule has 0 bridgehead atoms. The Morgan fingerprint density at radius 3 is 2.50 bits per heavy atom. The largest absolute Gasteiger partial charge is 0.374 e. The molecule has 20 heavy (non-hydrogen) atoms. The summed E-state index contributed by atoms with van der Waals surface area (Å²) in [6, 6.07) is 1.73. The minimum absolute atomic E-state index is 0.0478. The van der Waals surface area contributed by atoms with E-state index in [1.807, 2.05) is 0 Å². The van der Waals surface area contributed by atoms with Crippen molar-refractivity contribution in [3.8, 4) is 0 Å². The van der Waals surface area contributed by atoms with Crippen LogP contribution in [-0.2, 0) is 0 Å². The van der Waals surface area contributed by atoms with Gasteiger partial charge in [0.2, 0.25) is 0 Å². The van der Waals surface area contributed by atoms with Gasteiger partial charge in [-0.25, -0.2) is 8.78 Å². The fourth-order valence-corrected chi connectivity index (χ4v) is 3.22. The molecule has 0 aliphatic heterocycles. The second kappa shape index (κ2) is 6.39. The number of nitrogens with one attached hydrogen (secondary N) is 1. The van der Waals surface area contributed by atoms with Crippen LogP contribution >= 0.6 is 11.8 Å². The number of anilines is 1. The lowest BCUT2D eigenvalue weighted by atomic mass is 9.94. The van der Waals surface area contributed by atoms with E-state index in [0.717, 1.165) is 37.8 Å². The van der Waals surface area contributed by atoms with Gasteiger partial charge in [0.15, 0.2) is 17.3 Å². The van der Waals surface area contributed by atoms with E-state index < -0.39 is 22.2 Å². The third-order valence-corrected chi connectivity index (χ3v) is 4.76. The summed E-state index contributed by atoms with van der Waals surface area (Å²) in [6.45, 7) is 0. The van der Waals surface area contributed by atoms with Crippen LogP contribution in [0.15, 0.2) is 12.1 Å². The van der Waals surface area contributed by atoms with Gasteiger partial charge in [-0.15, -0.1) is 0 Å². The Kier molecular flexibility index (Phi) is 4.80. The summed E-state index contributed by atoms with van der Waals surface area (Å²) in [4.78, 5) is 10.2. The van der Waals surface area contributed by atoms with Gasteiger partial charge in [0.25, 0.3) is 5.69 Å². The van der Waals surface area contributed by atoms with Crippen molar-refractivity contribution < 1.29 is 13.7 Å². The second-order valence-corrected chi connectivity index (χ2v) is 6.00. The molecule has 0 amide bonds. The molecule has 1 fully saturated rings. The second-order valence-electron chi connectivity index (χ2n) is 4.87. The van der Waals surface area contributed by atoms with E-state index in [9.17, 15) is 18.9 Å². The Hall–Kier alpha value is -1.37. The number of hydrogen-bond acceptors (Lipinski definition) is 4. The van der Waals surface area contributed by atoms with Gasteiger partial charge in [-0.1, -0.05) is 0 Å². The van der Waals surface area contributed by atoms with Gasteiger partial charge in [-0.2, -0.15) is 11.8 Å². The first-order valence-corrected chi connectivity index (χ1v) is 7.73. The summed E-state index contributed by atoms with van der Waals surface area (Å²) in [5, 5.41) is 14.3. The van der Waals surface area contributed by atoms with E-state index in [4.69, 9.17) is 0 Å². The number of hydrogen-bond donors (Lipinski definition) is 1. The molecular weight excluding hydrogens is 286 g/mol. The van der Waals surface area contributed by atoms with E-state index in [1.165, 1.54) is 0 Å². The predicted octanol–water partition coefficient (Wildman–Crippen LogP) is 3.96. The van der Waals surface area contributed by atoms with Gasteiger partial charge in [0.05, 0.1) is 4.92 Å². The van der Waals surface area contributed by atoms with Crippen molar-refractivity contribution in [1.29, 1.82) is 0 Å². The Labute approximate surface area is 120 Å². The normalized spacial score (nSPS) is 22.6.